The van der Waals surface area contributed by atoms with Gasteiger partial charge >= 0.3 is 0 Å². The van der Waals surface area contributed by atoms with Gasteiger partial charge in [0.2, 0.25) is 0 Å². The van der Waals surface area contributed by atoms with Gasteiger partial charge in [0.1, 0.15) is 0 Å². The third kappa shape index (κ3) is 2.14. The monoisotopic (exact) mass is 303 g/mol. The van der Waals surface area contributed by atoms with Gasteiger partial charge in [0.25, 0.3) is 0 Å². The van der Waals surface area contributed by atoms with Crippen molar-refractivity contribution in [2.45, 2.75) is 37.6 Å². The van der Waals surface area contributed by atoms with Gasteiger partial charge in [-0.1, -0.05) is 30.3 Å². The van der Waals surface area contributed by atoms with Crippen LogP contribution in [0.25, 0.3) is 0 Å². The van der Waals surface area contributed by atoms with E-state index in [4.69, 9.17) is 10.7 Å². The number of guanidine groups is 1. The fraction of sp³-hybridized carbons (Fsp3) is 0.350. The molecule has 3 nitrogen and oxygen atoms in total. The Morgan fingerprint density at radius 3 is 2.87 bits per heavy atom. The zero-order valence-corrected chi connectivity index (χ0v) is 13.1. The van der Waals surface area contributed by atoms with Gasteiger partial charge in [0, 0.05) is 11.6 Å². The van der Waals surface area contributed by atoms with E-state index >= 15 is 0 Å². The maximum Gasteiger partial charge on any atom is 0.193 e. The lowest BCUT2D eigenvalue weighted by atomic mass is 10.1. The Hall–Kier alpha value is -2.29. The summed E-state index contributed by atoms with van der Waals surface area (Å²) in [4.78, 5) is 4.74. The molecule has 23 heavy (non-hydrogen) atoms. The summed E-state index contributed by atoms with van der Waals surface area (Å²) in [5.41, 5.74) is 13.1. The predicted molar refractivity (Wildman–Crippen MR) is 93.9 cm³/mol. The highest BCUT2D eigenvalue weighted by Gasteiger charge is 2.55. The number of rotatable bonds is 2. The quantitative estimate of drug-likeness (QED) is 0.661. The summed E-state index contributed by atoms with van der Waals surface area (Å²) in [5.74, 6) is 1.80. The molecule has 0 bridgehead atoms. The van der Waals surface area contributed by atoms with Crippen LogP contribution < -0.4 is 11.1 Å². The number of aryl methyl sites for hydroxylation is 2. The summed E-state index contributed by atoms with van der Waals surface area (Å²) in [6.45, 7) is 0. The maximum atomic E-state index is 6.15. The first-order valence-electron chi connectivity index (χ1n) is 8.59. The molecule has 2 aromatic rings. The zero-order chi connectivity index (χ0) is 15.4. The van der Waals surface area contributed by atoms with E-state index in [-0.39, 0.29) is 0 Å². The average molecular weight is 303 g/mol. The van der Waals surface area contributed by atoms with Gasteiger partial charge < -0.3 is 11.1 Å². The Kier molecular flexibility index (Phi) is 2.78. The normalized spacial score (nSPS) is 27.3. The minimum atomic E-state index is 0.367. The molecule has 3 heteroatoms. The van der Waals surface area contributed by atoms with Gasteiger partial charge in [-0.25, -0.2) is 4.99 Å². The molecule has 3 aliphatic carbocycles. The second kappa shape index (κ2) is 4.85. The molecule has 3 N–H and O–H groups in total. The SMILES string of the molecule is NC(=NC1C2Cc3ccccc3C21)Nc1ccc2c(c1)CCC2. The van der Waals surface area contributed by atoms with Crippen molar-refractivity contribution in [3.05, 3.63) is 64.7 Å². The number of benzene rings is 2. The van der Waals surface area contributed by atoms with E-state index in [1.165, 1.54) is 41.5 Å². The van der Waals surface area contributed by atoms with Crippen LogP contribution in [0.1, 0.15) is 34.6 Å². The second-order valence-electron chi connectivity index (χ2n) is 7.06. The van der Waals surface area contributed by atoms with E-state index in [2.05, 4.69) is 47.8 Å². The Labute approximate surface area is 136 Å². The molecule has 0 aliphatic heterocycles. The minimum Gasteiger partial charge on any atom is -0.370 e. The number of fused-ring (bicyclic) bond motifs is 4. The number of aliphatic imine (C=N–C) groups is 1. The number of nitrogens with zero attached hydrogens (tertiary/aromatic N) is 1. The molecular formula is C20H21N3. The number of nitrogens with two attached hydrogens (primary N) is 1. The van der Waals surface area contributed by atoms with Gasteiger partial charge in [0.05, 0.1) is 6.04 Å². The molecule has 3 unspecified atom stereocenters. The lowest BCUT2D eigenvalue weighted by Gasteiger charge is -2.09. The van der Waals surface area contributed by atoms with Crippen LogP contribution in [-0.4, -0.2) is 12.0 Å². The Balaban J connectivity index is 1.31. The fourth-order valence-electron chi connectivity index (χ4n) is 4.48. The fourth-order valence-corrected chi connectivity index (χ4v) is 4.48. The van der Waals surface area contributed by atoms with Gasteiger partial charge in [-0.05, 0) is 66.0 Å². The van der Waals surface area contributed by atoms with Crippen LogP contribution in [0.4, 0.5) is 5.69 Å². The van der Waals surface area contributed by atoms with Crippen molar-refractivity contribution in [1.82, 2.24) is 0 Å². The minimum absolute atomic E-state index is 0.367. The molecule has 0 spiro atoms. The highest BCUT2D eigenvalue weighted by Crippen LogP contribution is 2.58. The van der Waals surface area contributed by atoms with Crippen LogP contribution in [0.3, 0.4) is 0 Å². The number of hydrogen-bond donors (Lipinski definition) is 2. The van der Waals surface area contributed by atoms with Crippen LogP contribution in [0.2, 0.25) is 0 Å². The topological polar surface area (TPSA) is 50.4 Å². The lowest BCUT2D eigenvalue weighted by Crippen LogP contribution is -2.23. The smallest absolute Gasteiger partial charge is 0.193 e. The second-order valence-corrected chi connectivity index (χ2v) is 7.06. The summed E-state index contributed by atoms with van der Waals surface area (Å²) < 4.78 is 0. The predicted octanol–water partition coefficient (Wildman–Crippen LogP) is 3.24. The van der Waals surface area contributed by atoms with E-state index in [1.807, 2.05) is 0 Å². The molecule has 1 fully saturated rings. The first-order valence-corrected chi connectivity index (χ1v) is 8.59. The summed E-state index contributed by atoms with van der Waals surface area (Å²) in [6.07, 6.45) is 4.82. The Morgan fingerprint density at radius 1 is 1.04 bits per heavy atom. The van der Waals surface area contributed by atoms with Crippen molar-refractivity contribution >= 4 is 11.6 Å². The summed E-state index contributed by atoms with van der Waals surface area (Å²) in [6, 6.07) is 15.7. The van der Waals surface area contributed by atoms with E-state index in [1.54, 1.807) is 0 Å². The van der Waals surface area contributed by atoms with Crippen LogP contribution >= 0.6 is 0 Å². The van der Waals surface area contributed by atoms with Gasteiger partial charge in [-0.15, -0.1) is 0 Å². The number of nitrogens with one attached hydrogen (secondary N) is 1. The summed E-state index contributed by atoms with van der Waals surface area (Å²) in [5, 5.41) is 3.28. The van der Waals surface area contributed by atoms with E-state index in [0.29, 0.717) is 23.8 Å². The standard InChI is InChI=1S/C20H21N3/c21-20(22-15-9-8-12-5-3-6-13(12)10-15)23-19-17-11-14-4-1-2-7-16(14)18(17)19/h1-2,4,7-10,17-19H,3,5-6,11H2,(H3,21,22,23). The van der Waals surface area contributed by atoms with Crippen molar-refractivity contribution < 1.29 is 0 Å². The Bertz CT molecular complexity index is 808. The molecule has 0 heterocycles. The zero-order valence-electron chi connectivity index (χ0n) is 13.1. The van der Waals surface area contributed by atoms with Crippen molar-refractivity contribution in [2.75, 3.05) is 5.32 Å². The van der Waals surface area contributed by atoms with Crippen LogP contribution in [0.15, 0.2) is 47.5 Å². The molecule has 3 aliphatic rings. The third-order valence-corrected chi connectivity index (χ3v) is 5.66. The molecule has 1 saturated carbocycles. The van der Waals surface area contributed by atoms with Crippen LogP contribution in [-0.2, 0) is 19.3 Å². The molecule has 2 aromatic carbocycles. The molecule has 0 saturated heterocycles. The Morgan fingerprint density at radius 2 is 1.91 bits per heavy atom. The van der Waals surface area contributed by atoms with Crippen molar-refractivity contribution in [3.8, 4) is 0 Å². The molecule has 0 amide bonds. The van der Waals surface area contributed by atoms with E-state index in [9.17, 15) is 0 Å². The maximum absolute atomic E-state index is 6.15. The highest BCUT2D eigenvalue weighted by atomic mass is 15.1. The highest BCUT2D eigenvalue weighted by molar-refractivity contribution is 5.92. The first kappa shape index (κ1) is 13.2. The van der Waals surface area contributed by atoms with Crippen LogP contribution in [0.5, 0.6) is 0 Å². The van der Waals surface area contributed by atoms with E-state index in [0.717, 1.165) is 12.1 Å². The van der Waals surface area contributed by atoms with Crippen molar-refractivity contribution in [3.63, 3.8) is 0 Å². The van der Waals surface area contributed by atoms with Crippen molar-refractivity contribution in [1.29, 1.82) is 0 Å². The molecule has 0 radical (unpaired) electrons. The van der Waals surface area contributed by atoms with Gasteiger partial charge in [-0.2, -0.15) is 0 Å². The average Bonchev–Trinajstić information content (AvgIpc) is 2.92. The molecule has 5 rings (SSSR count). The third-order valence-electron chi connectivity index (χ3n) is 5.66. The number of anilines is 1. The largest absolute Gasteiger partial charge is 0.370 e. The molecule has 116 valence electrons. The van der Waals surface area contributed by atoms with Gasteiger partial charge in [0.15, 0.2) is 5.96 Å². The molecule has 3 atom stereocenters. The molecule has 0 aromatic heterocycles. The summed E-state index contributed by atoms with van der Waals surface area (Å²) >= 11 is 0. The van der Waals surface area contributed by atoms with Crippen LogP contribution in [0, 0.1) is 5.92 Å². The lowest BCUT2D eigenvalue weighted by molar-refractivity contribution is 0.801. The number of hydrogen-bond acceptors (Lipinski definition) is 1. The summed E-state index contributed by atoms with van der Waals surface area (Å²) in [7, 11) is 0. The van der Waals surface area contributed by atoms with Gasteiger partial charge in [-0.3, -0.25) is 0 Å². The van der Waals surface area contributed by atoms with Crippen molar-refractivity contribution in [2.24, 2.45) is 16.6 Å². The van der Waals surface area contributed by atoms with E-state index < -0.39 is 0 Å². The first-order chi connectivity index (χ1) is 11.3. The molecular weight excluding hydrogens is 282 g/mol.